The molecule has 132 valence electrons. The van der Waals surface area contributed by atoms with Crippen LogP contribution < -0.4 is 5.32 Å². The number of anilines is 1. The Balaban J connectivity index is 1.47. The van der Waals surface area contributed by atoms with Gasteiger partial charge >= 0.3 is 0 Å². The van der Waals surface area contributed by atoms with Crippen molar-refractivity contribution in [3.63, 3.8) is 0 Å². The Morgan fingerprint density at radius 1 is 1.12 bits per heavy atom. The second kappa shape index (κ2) is 7.94. The molecule has 2 N–H and O–H groups in total. The Morgan fingerprint density at radius 2 is 1.84 bits per heavy atom. The van der Waals surface area contributed by atoms with Crippen LogP contribution in [-0.2, 0) is 22.6 Å². The van der Waals surface area contributed by atoms with Gasteiger partial charge in [-0.1, -0.05) is 12.1 Å². The summed E-state index contributed by atoms with van der Waals surface area (Å²) in [5.41, 5.74) is 2.77. The van der Waals surface area contributed by atoms with Crippen molar-refractivity contribution < 1.29 is 9.59 Å². The number of piperazine rings is 1. The van der Waals surface area contributed by atoms with Crippen molar-refractivity contribution in [3.05, 3.63) is 47.8 Å². The minimum absolute atomic E-state index is 0.0719. The SMILES string of the molecule is CC(=O)N1CCN(Cc2ccc(NC(=O)Cc3ccn[nH]3)cc2)CC1. The van der Waals surface area contributed by atoms with Crippen LogP contribution in [0, 0.1) is 0 Å². The monoisotopic (exact) mass is 341 g/mol. The first-order valence-electron chi connectivity index (χ1n) is 8.45. The number of benzene rings is 1. The molecule has 3 rings (SSSR count). The fourth-order valence-corrected chi connectivity index (χ4v) is 2.93. The molecule has 7 heteroatoms. The number of hydrogen-bond donors (Lipinski definition) is 2. The summed E-state index contributed by atoms with van der Waals surface area (Å²) in [5, 5.41) is 9.49. The van der Waals surface area contributed by atoms with Crippen LogP contribution in [-0.4, -0.2) is 58.0 Å². The largest absolute Gasteiger partial charge is 0.340 e. The van der Waals surface area contributed by atoms with Crippen molar-refractivity contribution in [1.29, 1.82) is 0 Å². The van der Waals surface area contributed by atoms with E-state index in [0.717, 1.165) is 44.1 Å². The predicted molar refractivity (Wildman–Crippen MR) is 94.9 cm³/mol. The quantitative estimate of drug-likeness (QED) is 0.858. The van der Waals surface area contributed by atoms with Crippen LogP contribution >= 0.6 is 0 Å². The summed E-state index contributed by atoms with van der Waals surface area (Å²) in [7, 11) is 0. The second-order valence-corrected chi connectivity index (χ2v) is 6.29. The first-order chi connectivity index (χ1) is 12.1. The maximum Gasteiger partial charge on any atom is 0.230 e. The molecule has 7 nitrogen and oxygen atoms in total. The predicted octanol–water partition coefficient (Wildman–Crippen LogP) is 1.25. The van der Waals surface area contributed by atoms with Gasteiger partial charge in [-0.15, -0.1) is 0 Å². The van der Waals surface area contributed by atoms with Crippen LogP contribution in [0.25, 0.3) is 0 Å². The van der Waals surface area contributed by atoms with Gasteiger partial charge in [0, 0.05) is 57.2 Å². The smallest absolute Gasteiger partial charge is 0.230 e. The lowest BCUT2D eigenvalue weighted by Crippen LogP contribution is -2.47. The van der Waals surface area contributed by atoms with E-state index in [0.29, 0.717) is 0 Å². The Kier molecular flexibility index (Phi) is 5.45. The Morgan fingerprint density at radius 3 is 2.44 bits per heavy atom. The minimum Gasteiger partial charge on any atom is -0.340 e. The zero-order valence-corrected chi connectivity index (χ0v) is 14.4. The molecule has 2 heterocycles. The molecule has 1 fully saturated rings. The summed E-state index contributed by atoms with van der Waals surface area (Å²) in [5.74, 6) is 0.0761. The Bertz CT molecular complexity index is 704. The van der Waals surface area contributed by atoms with Gasteiger partial charge in [-0.2, -0.15) is 5.10 Å². The molecule has 1 aromatic carbocycles. The van der Waals surface area contributed by atoms with Gasteiger partial charge in [0.15, 0.2) is 0 Å². The van der Waals surface area contributed by atoms with Crippen molar-refractivity contribution in [3.8, 4) is 0 Å². The van der Waals surface area contributed by atoms with E-state index >= 15 is 0 Å². The molecule has 0 spiro atoms. The molecule has 1 aromatic heterocycles. The molecule has 0 aliphatic carbocycles. The Labute approximate surface area is 147 Å². The van der Waals surface area contributed by atoms with Crippen LogP contribution in [0.5, 0.6) is 0 Å². The maximum absolute atomic E-state index is 12.0. The van der Waals surface area contributed by atoms with Crippen molar-refractivity contribution >= 4 is 17.5 Å². The third-order valence-electron chi connectivity index (χ3n) is 4.37. The summed E-state index contributed by atoms with van der Waals surface area (Å²) in [4.78, 5) is 27.5. The lowest BCUT2D eigenvalue weighted by molar-refractivity contribution is -0.130. The van der Waals surface area contributed by atoms with Crippen molar-refractivity contribution in [2.75, 3.05) is 31.5 Å². The van der Waals surface area contributed by atoms with Crippen molar-refractivity contribution in [2.24, 2.45) is 0 Å². The van der Waals surface area contributed by atoms with Gasteiger partial charge in [0.25, 0.3) is 0 Å². The normalized spacial score (nSPS) is 15.2. The van der Waals surface area contributed by atoms with E-state index in [9.17, 15) is 9.59 Å². The number of H-pyrrole nitrogens is 1. The van der Waals surface area contributed by atoms with E-state index in [4.69, 9.17) is 0 Å². The number of hydrogen-bond acceptors (Lipinski definition) is 4. The number of rotatable bonds is 5. The number of carbonyl (C=O) groups excluding carboxylic acids is 2. The fraction of sp³-hybridized carbons (Fsp3) is 0.389. The van der Waals surface area contributed by atoms with Gasteiger partial charge < -0.3 is 10.2 Å². The van der Waals surface area contributed by atoms with Crippen molar-refractivity contribution in [1.82, 2.24) is 20.0 Å². The summed E-state index contributed by atoms with van der Waals surface area (Å²) in [6, 6.07) is 9.69. The topological polar surface area (TPSA) is 81.3 Å². The van der Waals surface area contributed by atoms with E-state index in [1.165, 1.54) is 5.56 Å². The Hall–Kier alpha value is -2.67. The van der Waals surface area contributed by atoms with Gasteiger partial charge in [-0.3, -0.25) is 19.6 Å². The molecule has 0 unspecified atom stereocenters. The van der Waals surface area contributed by atoms with Gasteiger partial charge in [0.1, 0.15) is 0 Å². The van der Waals surface area contributed by atoms with E-state index < -0.39 is 0 Å². The minimum atomic E-state index is -0.0719. The third kappa shape index (κ3) is 4.90. The van der Waals surface area contributed by atoms with Gasteiger partial charge in [0.2, 0.25) is 11.8 Å². The number of nitrogens with zero attached hydrogens (tertiary/aromatic N) is 3. The maximum atomic E-state index is 12.0. The molecule has 1 aliphatic rings. The first-order valence-corrected chi connectivity index (χ1v) is 8.45. The highest BCUT2D eigenvalue weighted by Gasteiger charge is 2.18. The lowest BCUT2D eigenvalue weighted by Gasteiger charge is -2.34. The molecule has 1 saturated heterocycles. The molecule has 2 aromatic rings. The molecular formula is C18H23N5O2. The number of amides is 2. The van der Waals surface area contributed by atoms with E-state index in [1.807, 2.05) is 29.2 Å². The number of carbonyl (C=O) groups is 2. The summed E-state index contributed by atoms with van der Waals surface area (Å²) < 4.78 is 0. The second-order valence-electron chi connectivity index (χ2n) is 6.29. The number of aromatic nitrogens is 2. The zero-order valence-electron chi connectivity index (χ0n) is 14.4. The molecule has 0 saturated carbocycles. The average Bonchev–Trinajstić information content (AvgIpc) is 3.10. The summed E-state index contributed by atoms with van der Waals surface area (Å²) >= 11 is 0. The summed E-state index contributed by atoms with van der Waals surface area (Å²) in [6.07, 6.45) is 1.91. The summed E-state index contributed by atoms with van der Waals surface area (Å²) in [6.45, 7) is 5.84. The van der Waals surface area contributed by atoms with E-state index in [1.54, 1.807) is 19.2 Å². The standard InChI is InChI=1S/C18H23N5O2/c1-14(24)23-10-8-22(9-11-23)13-15-2-4-16(5-3-15)20-18(25)12-17-6-7-19-21-17/h2-7H,8-13H2,1H3,(H,19,21)(H,20,25). The van der Waals surface area contributed by atoms with Crippen molar-refractivity contribution in [2.45, 2.75) is 19.9 Å². The molecule has 25 heavy (non-hydrogen) atoms. The average molecular weight is 341 g/mol. The highest BCUT2D eigenvalue weighted by molar-refractivity contribution is 5.91. The zero-order chi connectivity index (χ0) is 17.6. The van der Waals surface area contributed by atoms with Gasteiger partial charge in [0.05, 0.1) is 6.42 Å². The third-order valence-corrected chi connectivity index (χ3v) is 4.37. The molecule has 0 bridgehead atoms. The van der Waals surface area contributed by atoms with Gasteiger partial charge in [-0.25, -0.2) is 0 Å². The fourth-order valence-electron chi connectivity index (χ4n) is 2.93. The van der Waals surface area contributed by atoms with E-state index in [2.05, 4.69) is 20.4 Å². The highest BCUT2D eigenvalue weighted by Crippen LogP contribution is 2.13. The van der Waals surface area contributed by atoms with Gasteiger partial charge in [-0.05, 0) is 23.8 Å². The first kappa shape index (κ1) is 17.2. The molecule has 0 atom stereocenters. The molecule has 2 amide bonds. The van der Waals surface area contributed by atoms with E-state index in [-0.39, 0.29) is 18.2 Å². The molecule has 1 aliphatic heterocycles. The molecule has 0 radical (unpaired) electrons. The van der Waals surface area contributed by atoms with Crippen LogP contribution in [0.2, 0.25) is 0 Å². The van der Waals surface area contributed by atoms with Crippen LogP contribution in [0.4, 0.5) is 5.69 Å². The van der Waals surface area contributed by atoms with Crippen LogP contribution in [0.1, 0.15) is 18.2 Å². The number of nitrogens with one attached hydrogen (secondary N) is 2. The number of aromatic amines is 1. The highest BCUT2D eigenvalue weighted by atomic mass is 16.2. The van der Waals surface area contributed by atoms with Crippen LogP contribution in [0.3, 0.4) is 0 Å². The van der Waals surface area contributed by atoms with Crippen LogP contribution in [0.15, 0.2) is 36.5 Å². The lowest BCUT2D eigenvalue weighted by atomic mass is 10.1. The molecular weight excluding hydrogens is 318 g/mol.